The second kappa shape index (κ2) is 4.14. The van der Waals surface area contributed by atoms with E-state index >= 15 is 0 Å². The fourth-order valence-electron chi connectivity index (χ4n) is 2.12. The molecule has 2 nitrogen and oxygen atoms in total. The first-order valence-corrected chi connectivity index (χ1v) is 6.15. The van der Waals surface area contributed by atoms with Crippen LogP contribution >= 0.6 is 11.6 Å². The maximum Gasteiger partial charge on any atom is 0.227 e. The quantitative estimate of drug-likeness (QED) is 0.628. The van der Waals surface area contributed by atoms with E-state index < -0.39 is 0 Å². The summed E-state index contributed by atoms with van der Waals surface area (Å²) >= 11 is 5.98. The molecule has 18 heavy (non-hydrogen) atoms. The molecule has 0 bridgehead atoms. The normalized spacial score (nSPS) is 11.1. The lowest BCUT2D eigenvalue weighted by Gasteiger charge is -1.96. The van der Waals surface area contributed by atoms with Gasteiger partial charge in [0.25, 0.3) is 0 Å². The Balaban J connectivity index is 2.22. The highest BCUT2D eigenvalue weighted by molar-refractivity contribution is 6.30. The summed E-state index contributed by atoms with van der Waals surface area (Å²) in [7, 11) is 0. The second-order valence-corrected chi connectivity index (χ2v) is 4.90. The van der Waals surface area contributed by atoms with Crippen molar-refractivity contribution in [3.05, 3.63) is 52.5 Å². The lowest BCUT2D eigenvalue weighted by molar-refractivity contribution is 0.617. The van der Waals surface area contributed by atoms with Crippen LogP contribution in [0.15, 0.2) is 40.8 Å². The molecular formula is C15H12ClNO. The number of oxazole rings is 1. The van der Waals surface area contributed by atoms with Crippen molar-refractivity contribution in [1.29, 1.82) is 0 Å². The maximum absolute atomic E-state index is 5.98. The van der Waals surface area contributed by atoms with Gasteiger partial charge in [0.15, 0.2) is 5.58 Å². The number of hydrogen-bond donors (Lipinski definition) is 0. The van der Waals surface area contributed by atoms with Crippen LogP contribution in [0.4, 0.5) is 0 Å². The van der Waals surface area contributed by atoms with Gasteiger partial charge in [0.1, 0.15) is 5.52 Å². The molecule has 0 unspecified atom stereocenters. The highest BCUT2D eigenvalue weighted by Crippen LogP contribution is 2.28. The van der Waals surface area contributed by atoms with Gasteiger partial charge in [-0.2, -0.15) is 0 Å². The largest absolute Gasteiger partial charge is 0.436 e. The van der Waals surface area contributed by atoms with Gasteiger partial charge in [-0.3, -0.25) is 0 Å². The minimum absolute atomic E-state index is 0.612. The van der Waals surface area contributed by atoms with Gasteiger partial charge in [-0.1, -0.05) is 23.7 Å². The Morgan fingerprint density at radius 2 is 1.94 bits per heavy atom. The number of hydrogen-bond acceptors (Lipinski definition) is 2. The molecule has 0 amide bonds. The van der Waals surface area contributed by atoms with E-state index in [4.69, 9.17) is 16.0 Å². The summed E-state index contributed by atoms with van der Waals surface area (Å²) in [4.78, 5) is 4.52. The highest BCUT2D eigenvalue weighted by Gasteiger charge is 2.10. The van der Waals surface area contributed by atoms with Crippen molar-refractivity contribution in [2.45, 2.75) is 13.8 Å². The van der Waals surface area contributed by atoms with Crippen LogP contribution in [0.3, 0.4) is 0 Å². The topological polar surface area (TPSA) is 26.0 Å². The second-order valence-electron chi connectivity index (χ2n) is 4.46. The third-order valence-corrected chi connectivity index (χ3v) is 3.13. The molecule has 0 radical (unpaired) electrons. The number of aromatic nitrogens is 1. The van der Waals surface area contributed by atoms with Crippen LogP contribution in [0.1, 0.15) is 11.1 Å². The van der Waals surface area contributed by atoms with Gasteiger partial charge >= 0.3 is 0 Å². The predicted molar refractivity (Wildman–Crippen MR) is 73.9 cm³/mol. The Bertz CT molecular complexity index is 730. The zero-order valence-electron chi connectivity index (χ0n) is 10.2. The number of halogens is 1. The van der Waals surface area contributed by atoms with Gasteiger partial charge in [-0.05, 0) is 49.2 Å². The molecule has 0 aliphatic rings. The molecular weight excluding hydrogens is 246 g/mol. The molecule has 2 aromatic carbocycles. The van der Waals surface area contributed by atoms with Crippen LogP contribution in [0, 0.1) is 13.8 Å². The maximum atomic E-state index is 5.98. The standard InChI is InChI=1S/C15H12ClNO/c1-9-6-10(2)14-13(7-9)17-15(18-14)11-4-3-5-12(16)8-11/h3-8H,1-2H3. The molecule has 3 heteroatoms. The molecule has 0 aliphatic heterocycles. The minimum Gasteiger partial charge on any atom is -0.436 e. The fourth-order valence-corrected chi connectivity index (χ4v) is 2.31. The van der Waals surface area contributed by atoms with Crippen LogP contribution < -0.4 is 0 Å². The molecule has 0 saturated carbocycles. The molecule has 3 rings (SSSR count). The summed E-state index contributed by atoms with van der Waals surface area (Å²) in [6, 6.07) is 11.6. The van der Waals surface area contributed by atoms with Gasteiger partial charge in [0, 0.05) is 10.6 Å². The Labute approximate surface area is 110 Å². The summed E-state index contributed by atoms with van der Waals surface area (Å²) in [5.74, 6) is 0.612. The smallest absolute Gasteiger partial charge is 0.227 e. The predicted octanol–water partition coefficient (Wildman–Crippen LogP) is 4.77. The third kappa shape index (κ3) is 1.89. The fraction of sp³-hybridized carbons (Fsp3) is 0.133. The van der Waals surface area contributed by atoms with Crippen LogP contribution in [0.25, 0.3) is 22.6 Å². The first-order valence-electron chi connectivity index (χ1n) is 5.77. The molecule has 0 spiro atoms. The van der Waals surface area contributed by atoms with E-state index in [-0.39, 0.29) is 0 Å². The van der Waals surface area contributed by atoms with Crippen molar-refractivity contribution >= 4 is 22.7 Å². The van der Waals surface area contributed by atoms with E-state index in [1.54, 1.807) is 0 Å². The average molecular weight is 258 g/mol. The molecule has 0 N–H and O–H groups in total. The molecule has 0 aliphatic carbocycles. The van der Waals surface area contributed by atoms with Crippen LogP contribution in [-0.4, -0.2) is 4.98 Å². The van der Waals surface area contributed by atoms with Gasteiger partial charge in [0.05, 0.1) is 0 Å². The van der Waals surface area contributed by atoms with E-state index in [1.807, 2.05) is 37.3 Å². The lowest BCUT2D eigenvalue weighted by atomic mass is 10.1. The number of nitrogens with zero attached hydrogens (tertiary/aromatic N) is 1. The van der Waals surface area contributed by atoms with E-state index in [1.165, 1.54) is 5.56 Å². The Morgan fingerprint density at radius 1 is 1.11 bits per heavy atom. The molecule has 0 saturated heterocycles. The van der Waals surface area contributed by atoms with Gasteiger partial charge in [0.2, 0.25) is 5.89 Å². The van der Waals surface area contributed by atoms with Crippen molar-refractivity contribution in [2.75, 3.05) is 0 Å². The Hall–Kier alpha value is -1.80. The third-order valence-electron chi connectivity index (χ3n) is 2.89. The lowest BCUT2D eigenvalue weighted by Crippen LogP contribution is -1.78. The van der Waals surface area contributed by atoms with Gasteiger partial charge < -0.3 is 4.42 Å². The average Bonchev–Trinajstić information content (AvgIpc) is 2.73. The molecule has 0 fully saturated rings. The first kappa shape index (κ1) is 11.3. The van der Waals surface area contributed by atoms with Crippen molar-refractivity contribution in [3.63, 3.8) is 0 Å². The minimum atomic E-state index is 0.612. The zero-order valence-corrected chi connectivity index (χ0v) is 11.0. The van der Waals surface area contributed by atoms with Crippen molar-refractivity contribution in [1.82, 2.24) is 4.98 Å². The first-order chi connectivity index (χ1) is 8.63. The number of benzene rings is 2. The van der Waals surface area contributed by atoms with Crippen molar-refractivity contribution in [3.8, 4) is 11.5 Å². The summed E-state index contributed by atoms with van der Waals surface area (Å²) in [6.07, 6.45) is 0. The summed E-state index contributed by atoms with van der Waals surface area (Å²) < 4.78 is 5.83. The van der Waals surface area contributed by atoms with E-state index in [2.05, 4.69) is 18.0 Å². The van der Waals surface area contributed by atoms with Crippen LogP contribution in [-0.2, 0) is 0 Å². The highest BCUT2D eigenvalue weighted by atomic mass is 35.5. The Morgan fingerprint density at radius 3 is 2.72 bits per heavy atom. The molecule has 0 atom stereocenters. The summed E-state index contributed by atoms with van der Waals surface area (Å²) in [5, 5.41) is 0.683. The molecule has 1 aromatic heterocycles. The Kier molecular flexibility index (Phi) is 2.60. The van der Waals surface area contributed by atoms with Crippen LogP contribution in [0.2, 0.25) is 5.02 Å². The monoisotopic (exact) mass is 257 g/mol. The van der Waals surface area contributed by atoms with Gasteiger partial charge in [-0.25, -0.2) is 4.98 Å². The molecule has 1 heterocycles. The zero-order chi connectivity index (χ0) is 12.7. The van der Waals surface area contributed by atoms with Gasteiger partial charge in [-0.15, -0.1) is 0 Å². The van der Waals surface area contributed by atoms with Crippen molar-refractivity contribution < 1.29 is 4.42 Å². The van der Waals surface area contributed by atoms with E-state index in [0.29, 0.717) is 10.9 Å². The van der Waals surface area contributed by atoms with E-state index in [0.717, 1.165) is 22.2 Å². The van der Waals surface area contributed by atoms with Crippen molar-refractivity contribution in [2.24, 2.45) is 0 Å². The summed E-state index contributed by atoms with van der Waals surface area (Å²) in [6.45, 7) is 4.09. The molecule has 3 aromatic rings. The molecule has 90 valence electrons. The SMILES string of the molecule is Cc1cc(C)c2oc(-c3cccc(Cl)c3)nc2c1. The number of fused-ring (bicyclic) bond motifs is 1. The number of aryl methyl sites for hydroxylation is 2. The number of rotatable bonds is 1. The van der Waals surface area contributed by atoms with E-state index in [9.17, 15) is 0 Å². The van der Waals surface area contributed by atoms with Crippen LogP contribution in [0.5, 0.6) is 0 Å². The summed E-state index contributed by atoms with van der Waals surface area (Å²) in [5.41, 5.74) is 4.92.